The number of hydrogen-bond donors (Lipinski definition) is 2. The second-order valence-electron chi connectivity index (χ2n) is 5.40. The Bertz CT molecular complexity index is 316. The first-order valence-electron chi connectivity index (χ1n) is 8.44. The van der Waals surface area contributed by atoms with Gasteiger partial charge in [-0.3, -0.25) is 0 Å². The Morgan fingerprint density at radius 3 is 1.64 bits per heavy atom. The Balaban J connectivity index is 1.83. The van der Waals surface area contributed by atoms with Crippen LogP contribution in [0.4, 0.5) is 0 Å². The van der Waals surface area contributed by atoms with Gasteiger partial charge in [0.2, 0.25) is 0 Å². The molecule has 2 aliphatic rings. The van der Waals surface area contributed by atoms with Crippen LogP contribution in [0.15, 0.2) is 0 Å². The quantitative estimate of drug-likeness (QED) is 0.217. The smallest absolute Gasteiger partial charge is 0.179 e. The van der Waals surface area contributed by atoms with Crippen LogP contribution in [0.25, 0.3) is 0 Å². The summed E-state index contributed by atoms with van der Waals surface area (Å²) in [5, 5.41) is 1.70. The molecule has 0 aliphatic carbocycles. The average molecular weight is 545 g/mol. The van der Waals surface area contributed by atoms with E-state index in [1.54, 1.807) is 0 Å². The van der Waals surface area contributed by atoms with Gasteiger partial charge in [-0.25, -0.2) is 0 Å². The van der Waals surface area contributed by atoms with Crippen LogP contribution in [0.1, 0.15) is 0 Å². The van der Waals surface area contributed by atoms with Gasteiger partial charge in [0, 0.05) is 56.5 Å². The third-order valence-electron chi connectivity index (χ3n) is 3.40. The van der Waals surface area contributed by atoms with Crippen LogP contribution in [0, 0.1) is 0 Å². The minimum absolute atomic E-state index is 0.850. The van der Waals surface area contributed by atoms with Crippen molar-refractivity contribution in [3.05, 3.63) is 0 Å². The van der Waals surface area contributed by atoms with Crippen LogP contribution in [0.2, 0.25) is 0 Å². The third kappa shape index (κ3) is 10.5. The lowest BCUT2D eigenvalue weighted by molar-refractivity contribution is 1.15. The molecule has 148 valence electrons. The molecule has 0 aromatic carbocycles. The summed E-state index contributed by atoms with van der Waals surface area (Å²) in [5.74, 6) is 15.2. The molecule has 11 heteroatoms. The van der Waals surface area contributed by atoms with Crippen LogP contribution in [-0.4, -0.2) is 84.2 Å². The van der Waals surface area contributed by atoms with Crippen LogP contribution in [-0.2, 0) is 0 Å². The zero-order valence-corrected chi connectivity index (χ0v) is 23.6. The Kier molecular flexibility index (Phi) is 15.5. The van der Waals surface area contributed by atoms with Crippen molar-refractivity contribution in [1.82, 2.24) is 0 Å². The highest BCUT2D eigenvalue weighted by atomic mass is 32.9. The molecule has 0 aromatic rings. The molecule has 1 spiro atoms. The van der Waals surface area contributed by atoms with Crippen molar-refractivity contribution in [2.24, 2.45) is 0 Å². The summed E-state index contributed by atoms with van der Waals surface area (Å²) in [7, 11) is 0. The van der Waals surface area contributed by atoms with E-state index in [0.29, 0.717) is 0 Å². The largest absolute Gasteiger partial charge is 0.300 e. The fraction of sp³-hybridized carbons (Fsp3) is 1.00. The van der Waals surface area contributed by atoms with E-state index in [4.69, 9.17) is 0 Å². The first-order chi connectivity index (χ1) is 12.3. The summed E-state index contributed by atoms with van der Waals surface area (Å²) >= 11 is 26.8. The summed E-state index contributed by atoms with van der Waals surface area (Å²) in [6.45, 7) is 0. The minimum atomic E-state index is -1.32. The molecule has 2 heterocycles. The molecule has 25 heavy (non-hydrogen) atoms. The highest BCUT2D eigenvalue weighted by Gasteiger charge is 2.40. The van der Waals surface area contributed by atoms with Gasteiger partial charge in [-0.1, -0.05) is 0 Å². The van der Waals surface area contributed by atoms with Crippen molar-refractivity contribution in [2.75, 3.05) is 69.0 Å². The van der Waals surface area contributed by atoms with E-state index in [9.17, 15) is 0 Å². The lowest BCUT2D eigenvalue weighted by Gasteiger charge is -2.35. The van der Waals surface area contributed by atoms with Gasteiger partial charge in [-0.2, -0.15) is 117 Å². The zero-order valence-electron chi connectivity index (χ0n) is 14.3. The van der Waals surface area contributed by atoms with Gasteiger partial charge in [0.05, 0.1) is 0 Å². The Morgan fingerprint density at radius 1 is 0.720 bits per heavy atom. The molecule has 0 aromatic heterocycles. The Morgan fingerprint density at radius 2 is 1.20 bits per heavy atom. The average Bonchev–Trinajstić information content (AvgIpc) is 2.59. The number of thiol groups is 2. The molecular formula is C14H28S10Si. The molecule has 2 aliphatic heterocycles. The molecule has 2 rings (SSSR count). The van der Waals surface area contributed by atoms with E-state index in [2.05, 4.69) is 117 Å². The maximum Gasteiger partial charge on any atom is 0.300 e. The Hall–Kier alpha value is 3.72. The molecule has 0 amide bonds. The van der Waals surface area contributed by atoms with Gasteiger partial charge in [0.15, 0.2) is 0 Å². The van der Waals surface area contributed by atoms with E-state index in [-0.39, 0.29) is 0 Å². The molecule has 0 bridgehead atoms. The first kappa shape index (κ1) is 25.0. The number of hydrogen-bond acceptors (Lipinski definition) is 10. The SMILES string of the molecule is SCCSCC1CS[Si]2(SCCS1)SCCSC(CSCCS)CS2. The monoisotopic (exact) mass is 544 g/mol. The fourth-order valence-electron chi connectivity index (χ4n) is 2.25. The zero-order chi connectivity index (χ0) is 17.8. The van der Waals surface area contributed by atoms with Crippen molar-refractivity contribution in [3.8, 4) is 0 Å². The highest BCUT2D eigenvalue weighted by Crippen LogP contribution is 2.53. The summed E-state index contributed by atoms with van der Waals surface area (Å²) < 4.78 is -1.32. The van der Waals surface area contributed by atoms with Gasteiger partial charge < -0.3 is 0 Å². The van der Waals surface area contributed by atoms with Crippen LogP contribution in [0.3, 0.4) is 0 Å². The summed E-state index contributed by atoms with van der Waals surface area (Å²) in [6.07, 6.45) is 0. The highest BCUT2D eigenvalue weighted by molar-refractivity contribution is 9.00. The molecule has 0 nitrogen and oxygen atoms in total. The van der Waals surface area contributed by atoms with E-state index in [1.807, 2.05) is 0 Å². The van der Waals surface area contributed by atoms with Gasteiger partial charge in [0.25, 0.3) is 0 Å². The van der Waals surface area contributed by atoms with Crippen molar-refractivity contribution in [3.63, 3.8) is 0 Å². The molecule has 0 saturated carbocycles. The fourth-order valence-corrected chi connectivity index (χ4v) is 31.7. The maximum atomic E-state index is 4.35. The predicted octanol–water partition coefficient (Wildman–Crippen LogP) is 5.91. The lowest BCUT2D eigenvalue weighted by Crippen LogP contribution is -2.30. The topological polar surface area (TPSA) is 0 Å². The molecule has 0 radical (unpaired) electrons. The molecular weight excluding hydrogens is 517 g/mol. The minimum Gasteiger partial charge on any atom is -0.179 e. The van der Waals surface area contributed by atoms with Crippen molar-refractivity contribution < 1.29 is 0 Å². The lowest BCUT2D eigenvalue weighted by atomic mass is 10.5. The second kappa shape index (κ2) is 15.5. The summed E-state index contributed by atoms with van der Waals surface area (Å²) in [6, 6.07) is 0. The van der Waals surface area contributed by atoms with Crippen LogP contribution >= 0.6 is 117 Å². The first-order valence-corrected chi connectivity index (χ1v) is 23.0. The molecule has 2 atom stereocenters. The predicted molar refractivity (Wildman–Crippen MR) is 150 cm³/mol. The standard InChI is InChI=1S/C14H28S10Si/c15-1-3-17-9-13-11-23-25(21-7-5-19-13)22-8-6-20-14(12-24-25)10-18-4-2-16/h13-16H,1-12H2. The molecule has 0 N–H and O–H groups in total. The van der Waals surface area contributed by atoms with Gasteiger partial charge in [-0.05, 0) is 23.0 Å². The molecule has 2 saturated heterocycles. The van der Waals surface area contributed by atoms with Crippen LogP contribution in [0.5, 0.6) is 0 Å². The van der Waals surface area contributed by atoms with E-state index in [1.165, 1.54) is 57.5 Å². The summed E-state index contributed by atoms with van der Waals surface area (Å²) in [5.41, 5.74) is 0. The van der Waals surface area contributed by atoms with Gasteiger partial charge in [0.1, 0.15) is 0 Å². The van der Waals surface area contributed by atoms with Crippen molar-refractivity contribution >= 4 is 122 Å². The van der Waals surface area contributed by atoms with Crippen molar-refractivity contribution in [2.45, 2.75) is 10.5 Å². The van der Waals surface area contributed by atoms with E-state index >= 15 is 0 Å². The molecule has 2 fully saturated rings. The third-order valence-corrected chi connectivity index (χ3v) is 33.1. The van der Waals surface area contributed by atoms with Crippen LogP contribution < -0.4 is 0 Å². The summed E-state index contributed by atoms with van der Waals surface area (Å²) in [4.78, 5) is 0. The Labute approximate surface area is 199 Å². The normalized spacial score (nSPS) is 31.9. The van der Waals surface area contributed by atoms with Gasteiger partial charge in [-0.15, -0.1) is 0 Å². The maximum absolute atomic E-state index is 4.35. The number of rotatable bonds is 8. The van der Waals surface area contributed by atoms with E-state index in [0.717, 1.165) is 22.0 Å². The van der Waals surface area contributed by atoms with Crippen molar-refractivity contribution in [1.29, 1.82) is 0 Å². The van der Waals surface area contributed by atoms with E-state index < -0.39 is 4.67 Å². The number of thioether (sulfide) groups is 4. The second-order valence-corrected chi connectivity index (χ2v) is 30.5. The molecule has 2 unspecified atom stereocenters. The van der Waals surface area contributed by atoms with Gasteiger partial charge >= 0.3 is 4.67 Å².